The maximum Gasteiger partial charge on any atom is 0.278 e. The lowest BCUT2D eigenvalue weighted by Gasteiger charge is -2.16. The fourth-order valence-electron chi connectivity index (χ4n) is 3.66. The SMILES string of the molecule is COc1ccccc1NC1=C(c2ccc(C)c(C)c2)C(=O)N(Cc2ccc(F)cc2)C1=O. The molecular weight excluding hydrogens is 407 g/mol. The Morgan fingerprint density at radius 1 is 0.906 bits per heavy atom. The minimum atomic E-state index is -0.446. The fraction of sp³-hybridized carbons (Fsp3) is 0.154. The van der Waals surface area contributed by atoms with Crippen molar-refractivity contribution in [3.8, 4) is 5.75 Å². The van der Waals surface area contributed by atoms with Crippen molar-refractivity contribution in [2.45, 2.75) is 20.4 Å². The highest BCUT2D eigenvalue weighted by atomic mass is 19.1. The maximum atomic E-state index is 13.4. The molecule has 3 aromatic rings. The number of hydrogen-bond acceptors (Lipinski definition) is 4. The van der Waals surface area contributed by atoms with E-state index in [4.69, 9.17) is 4.74 Å². The van der Waals surface area contributed by atoms with Crippen molar-refractivity contribution in [2.24, 2.45) is 0 Å². The van der Waals surface area contributed by atoms with Crippen LogP contribution in [0.2, 0.25) is 0 Å². The summed E-state index contributed by atoms with van der Waals surface area (Å²) in [6.45, 7) is 4.00. The molecule has 2 amide bonds. The highest BCUT2D eigenvalue weighted by Gasteiger charge is 2.39. The number of benzene rings is 3. The summed E-state index contributed by atoms with van der Waals surface area (Å²) in [7, 11) is 1.54. The molecule has 6 heteroatoms. The predicted octanol–water partition coefficient (Wildman–Crippen LogP) is 4.84. The molecule has 0 saturated heterocycles. The first kappa shape index (κ1) is 21.3. The molecule has 0 aromatic heterocycles. The summed E-state index contributed by atoms with van der Waals surface area (Å²) in [6, 6.07) is 18.6. The van der Waals surface area contributed by atoms with Gasteiger partial charge in [0.25, 0.3) is 11.8 Å². The molecule has 0 fully saturated rings. The zero-order valence-electron chi connectivity index (χ0n) is 18.1. The van der Waals surface area contributed by atoms with Crippen LogP contribution in [-0.4, -0.2) is 23.8 Å². The van der Waals surface area contributed by atoms with E-state index in [1.165, 1.54) is 17.0 Å². The summed E-state index contributed by atoms with van der Waals surface area (Å²) < 4.78 is 18.7. The van der Waals surface area contributed by atoms with Crippen molar-refractivity contribution in [2.75, 3.05) is 12.4 Å². The van der Waals surface area contributed by atoms with Gasteiger partial charge in [-0.1, -0.05) is 42.5 Å². The first-order valence-corrected chi connectivity index (χ1v) is 10.2. The number of hydrogen-bond donors (Lipinski definition) is 1. The van der Waals surface area contributed by atoms with E-state index in [9.17, 15) is 14.0 Å². The summed E-state index contributed by atoms with van der Waals surface area (Å²) >= 11 is 0. The molecule has 0 unspecified atom stereocenters. The monoisotopic (exact) mass is 430 g/mol. The minimum Gasteiger partial charge on any atom is -0.495 e. The van der Waals surface area contributed by atoms with Gasteiger partial charge >= 0.3 is 0 Å². The first-order valence-electron chi connectivity index (χ1n) is 10.2. The quantitative estimate of drug-likeness (QED) is 0.569. The second-order valence-corrected chi connectivity index (χ2v) is 7.70. The number of nitrogens with zero attached hydrogens (tertiary/aromatic N) is 1. The van der Waals surface area contributed by atoms with Gasteiger partial charge in [0.05, 0.1) is 24.9 Å². The number of amides is 2. The van der Waals surface area contributed by atoms with E-state index in [1.54, 1.807) is 31.4 Å². The van der Waals surface area contributed by atoms with Gasteiger partial charge in [0.2, 0.25) is 0 Å². The van der Waals surface area contributed by atoms with Crippen LogP contribution in [0.25, 0.3) is 5.57 Å². The molecule has 0 radical (unpaired) electrons. The average Bonchev–Trinajstić information content (AvgIpc) is 3.02. The third kappa shape index (κ3) is 3.99. The molecule has 4 rings (SSSR count). The zero-order chi connectivity index (χ0) is 22.8. The van der Waals surface area contributed by atoms with Gasteiger partial charge in [0.1, 0.15) is 17.3 Å². The topological polar surface area (TPSA) is 58.6 Å². The predicted molar refractivity (Wildman–Crippen MR) is 121 cm³/mol. The minimum absolute atomic E-state index is 0.0450. The van der Waals surface area contributed by atoms with Crippen LogP contribution in [0.1, 0.15) is 22.3 Å². The van der Waals surface area contributed by atoms with Crippen molar-refractivity contribution in [3.63, 3.8) is 0 Å². The molecule has 0 atom stereocenters. The van der Waals surface area contributed by atoms with Crippen LogP contribution < -0.4 is 10.1 Å². The molecule has 32 heavy (non-hydrogen) atoms. The average molecular weight is 430 g/mol. The van der Waals surface area contributed by atoms with E-state index in [1.807, 2.05) is 44.2 Å². The molecule has 3 aromatic carbocycles. The van der Waals surface area contributed by atoms with Crippen molar-refractivity contribution < 1.29 is 18.7 Å². The van der Waals surface area contributed by atoms with E-state index in [0.717, 1.165) is 11.1 Å². The number of halogens is 1. The molecule has 1 N–H and O–H groups in total. The Hall–Kier alpha value is -3.93. The molecule has 0 aliphatic carbocycles. The van der Waals surface area contributed by atoms with Crippen LogP contribution in [0.15, 0.2) is 72.4 Å². The molecule has 1 aliphatic rings. The molecule has 0 saturated carbocycles. The molecule has 5 nitrogen and oxygen atoms in total. The Morgan fingerprint density at radius 3 is 2.31 bits per heavy atom. The fourth-order valence-corrected chi connectivity index (χ4v) is 3.66. The number of methoxy groups -OCH3 is 1. The number of carbonyl (C=O) groups is 2. The summed E-state index contributed by atoms with van der Waals surface area (Å²) in [6.07, 6.45) is 0. The Kier molecular flexibility index (Phi) is 5.77. The number of ether oxygens (including phenoxy) is 1. The maximum absolute atomic E-state index is 13.4. The number of anilines is 1. The van der Waals surface area contributed by atoms with E-state index in [2.05, 4.69) is 5.32 Å². The van der Waals surface area contributed by atoms with Gasteiger partial charge in [-0.25, -0.2) is 4.39 Å². The second kappa shape index (κ2) is 8.67. The Balaban J connectivity index is 1.78. The lowest BCUT2D eigenvalue weighted by molar-refractivity contribution is -0.137. The van der Waals surface area contributed by atoms with E-state index in [0.29, 0.717) is 28.1 Å². The molecule has 0 bridgehead atoms. The van der Waals surface area contributed by atoms with Crippen molar-refractivity contribution in [1.29, 1.82) is 0 Å². The normalized spacial score (nSPS) is 13.7. The summed E-state index contributed by atoms with van der Waals surface area (Å²) in [5, 5.41) is 3.13. The van der Waals surface area contributed by atoms with Gasteiger partial charge in [0, 0.05) is 0 Å². The lowest BCUT2D eigenvalue weighted by Crippen LogP contribution is -2.32. The smallest absolute Gasteiger partial charge is 0.278 e. The van der Waals surface area contributed by atoms with Crippen LogP contribution in [-0.2, 0) is 16.1 Å². The number of aryl methyl sites for hydroxylation is 2. The molecular formula is C26H23FN2O3. The Bertz CT molecular complexity index is 1230. The van der Waals surface area contributed by atoms with Gasteiger partial charge in [0.15, 0.2) is 0 Å². The first-order chi connectivity index (χ1) is 15.4. The lowest BCUT2D eigenvalue weighted by atomic mass is 9.99. The van der Waals surface area contributed by atoms with Gasteiger partial charge < -0.3 is 10.1 Å². The van der Waals surface area contributed by atoms with E-state index >= 15 is 0 Å². The Labute approximate surface area is 186 Å². The van der Waals surface area contributed by atoms with Crippen molar-refractivity contribution >= 4 is 23.1 Å². The van der Waals surface area contributed by atoms with Gasteiger partial charge in [-0.2, -0.15) is 0 Å². The van der Waals surface area contributed by atoms with Crippen LogP contribution in [0.4, 0.5) is 10.1 Å². The van der Waals surface area contributed by atoms with Gasteiger partial charge in [-0.3, -0.25) is 14.5 Å². The van der Waals surface area contributed by atoms with Gasteiger partial charge in [-0.15, -0.1) is 0 Å². The molecule has 0 spiro atoms. The largest absolute Gasteiger partial charge is 0.495 e. The number of para-hydroxylation sites is 2. The number of imide groups is 1. The zero-order valence-corrected chi connectivity index (χ0v) is 18.1. The highest BCUT2D eigenvalue weighted by Crippen LogP contribution is 2.34. The van der Waals surface area contributed by atoms with Crippen LogP contribution in [0.5, 0.6) is 5.75 Å². The Morgan fingerprint density at radius 2 is 1.62 bits per heavy atom. The molecule has 162 valence electrons. The second-order valence-electron chi connectivity index (χ2n) is 7.70. The van der Waals surface area contributed by atoms with Crippen molar-refractivity contribution in [3.05, 3.63) is 100 Å². The standard InChI is InChI=1S/C26H23FN2O3/c1-16-8-11-19(14-17(16)2)23-24(28-21-6-4-5-7-22(21)32-3)26(31)29(25(23)30)15-18-9-12-20(27)13-10-18/h4-14,28H,15H2,1-3H3. The van der Waals surface area contributed by atoms with Gasteiger partial charge in [-0.05, 0) is 60.4 Å². The van der Waals surface area contributed by atoms with Crippen molar-refractivity contribution in [1.82, 2.24) is 4.90 Å². The molecule has 1 heterocycles. The summed E-state index contributed by atoms with van der Waals surface area (Å²) in [4.78, 5) is 28.0. The number of nitrogens with one attached hydrogen (secondary N) is 1. The number of rotatable bonds is 6. The molecule has 1 aliphatic heterocycles. The number of carbonyl (C=O) groups excluding carboxylic acids is 2. The summed E-state index contributed by atoms with van der Waals surface area (Å²) in [5.74, 6) is -0.671. The van der Waals surface area contributed by atoms with Crippen LogP contribution >= 0.6 is 0 Å². The van der Waals surface area contributed by atoms with E-state index in [-0.39, 0.29) is 18.1 Å². The third-order valence-corrected chi connectivity index (χ3v) is 5.58. The third-order valence-electron chi connectivity index (χ3n) is 5.58. The van der Waals surface area contributed by atoms with Crippen LogP contribution in [0.3, 0.4) is 0 Å². The highest BCUT2D eigenvalue weighted by molar-refractivity contribution is 6.36. The van der Waals surface area contributed by atoms with E-state index < -0.39 is 11.8 Å². The van der Waals surface area contributed by atoms with Crippen LogP contribution in [0, 0.1) is 19.7 Å². The summed E-state index contributed by atoms with van der Waals surface area (Å²) in [5.41, 5.74) is 4.49.